The lowest BCUT2D eigenvalue weighted by atomic mass is 10.2. The lowest BCUT2D eigenvalue weighted by molar-refractivity contribution is 0.300. The molecular weight excluding hydrogens is 372 g/mol. The van der Waals surface area contributed by atoms with Crippen molar-refractivity contribution in [2.75, 3.05) is 12.3 Å². The first kappa shape index (κ1) is 14.9. The van der Waals surface area contributed by atoms with Crippen LogP contribution in [0.3, 0.4) is 0 Å². The Kier molecular flexibility index (Phi) is 5.05. The summed E-state index contributed by atoms with van der Waals surface area (Å²) in [7, 11) is 0. The summed E-state index contributed by atoms with van der Waals surface area (Å²) in [6, 6.07) is 10.2. The van der Waals surface area contributed by atoms with E-state index in [2.05, 4.69) is 22.6 Å². The number of ether oxygens (including phenoxy) is 2. The molecule has 106 valence electrons. The first-order valence-corrected chi connectivity index (χ1v) is 7.33. The number of nitrogens with two attached hydrogens (primary N) is 1. The van der Waals surface area contributed by atoms with Crippen LogP contribution in [-0.4, -0.2) is 6.61 Å². The Morgan fingerprint density at radius 3 is 2.70 bits per heavy atom. The van der Waals surface area contributed by atoms with Crippen molar-refractivity contribution in [3.63, 3.8) is 0 Å². The summed E-state index contributed by atoms with van der Waals surface area (Å²) in [6.45, 7) is 2.40. The van der Waals surface area contributed by atoms with E-state index in [4.69, 9.17) is 15.2 Å². The van der Waals surface area contributed by atoms with E-state index in [0.717, 1.165) is 9.99 Å². The molecule has 0 spiro atoms. The fourth-order valence-electron chi connectivity index (χ4n) is 1.62. The van der Waals surface area contributed by atoms with E-state index in [1.54, 1.807) is 0 Å². The zero-order valence-corrected chi connectivity index (χ0v) is 13.2. The fraction of sp³-hybridized carbons (Fsp3) is 0.200. The van der Waals surface area contributed by atoms with Crippen molar-refractivity contribution in [3.8, 4) is 17.2 Å². The molecule has 0 aliphatic carbocycles. The normalized spacial score (nSPS) is 10.3. The number of nitrogen functional groups attached to an aromatic ring is 1. The predicted octanol–water partition coefficient (Wildman–Crippen LogP) is 4.59. The number of hydrogen-bond donors (Lipinski definition) is 1. The summed E-state index contributed by atoms with van der Waals surface area (Å²) in [5.74, 6) is 0.712. The van der Waals surface area contributed by atoms with Gasteiger partial charge in [-0.25, -0.2) is 4.39 Å². The molecule has 0 atom stereocenters. The highest BCUT2D eigenvalue weighted by Crippen LogP contribution is 2.33. The predicted molar refractivity (Wildman–Crippen MR) is 85.8 cm³/mol. The van der Waals surface area contributed by atoms with Crippen molar-refractivity contribution in [1.82, 2.24) is 0 Å². The standard InChI is InChI=1S/C15H15FINO2/c1-2-6-19-14-9-15(13(18)8-12(14)16)20-11-5-3-4-10(17)7-11/h3-5,7-9H,2,6,18H2,1H3. The van der Waals surface area contributed by atoms with Gasteiger partial charge in [0, 0.05) is 15.7 Å². The highest BCUT2D eigenvalue weighted by atomic mass is 127. The van der Waals surface area contributed by atoms with Gasteiger partial charge >= 0.3 is 0 Å². The molecule has 0 heterocycles. The summed E-state index contributed by atoms with van der Waals surface area (Å²) < 4.78 is 25.8. The van der Waals surface area contributed by atoms with Crippen molar-refractivity contribution in [2.45, 2.75) is 13.3 Å². The lowest BCUT2D eigenvalue weighted by Gasteiger charge is -2.12. The average Bonchev–Trinajstić information content (AvgIpc) is 2.40. The van der Waals surface area contributed by atoms with Crippen LogP contribution in [0.1, 0.15) is 13.3 Å². The summed E-state index contributed by atoms with van der Waals surface area (Å²) >= 11 is 2.19. The third kappa shape index (κ3) is 3.75. The van der Waals surface area contributed by atoms with Crippen LogP contribution in [0.15, 0.2) is 36.4 Å². The summed E-state index contributed by atoms with van der Waals surface area (Å²) in [5.41, 5.74) is 6.02. The monoisotopic (exact) mass is 387 g/mol. The molecule has 0 fully saturated rings. The Labute approximate surface area is 131 Å². The molecule has 3 nitrogen and oxygen atoms in total. The second kappa shape index (κ2) is 6.78. The van der Waals surface area contributed by atoms with Gasteiger partial charge in [0.05, 0.1) is 12.3 Å². The van der Waals surface area contributed by atoms with Gasteiger partial charge in [-0.05, 0) is 47.2 Å². The molecule has 0 radical (unpaired) electrons. The Morgan fingerprint density at radius 1 is 1.20 bits per heavy atom. The number of anilines is 1. The molecule has 0 aromatic heterocycles. The van der Waals surface area contributed by atoms with E-state index in [1.165, 1.54) is 12.1 Å². The summed E-state index contributed by atoms with van der Waals surface area (Å²) in [5, 5.41) is 0. The van der Waals surface area contributed by atoms with E-state index in [9.17, 15) is 4.39 Å². The highest BCUT2D eigenvalue weighted by Gasteiger charge is 2.11. The van der Waals surface area contributed by atoms with E-state index in [1.807, 2.05) is 31.2 Å². The van der Waals surface area contributed by atoms with Crippen LogP contribution >= 0.6 is 22.6 Å². The molecule has 2 aromatic carbocycles. The number of benzene rings is 2. The molecule has 0 saturated carbocycles. The minimum Gasteiger partial charge on any atom is -0.490 e. The molecule has 0 amide bonds. The minimum atomic E-state index is -0.481. The molecule has 2 N–H and O–H groups in total. The molecule has 0 bridgehead atoms. The Bertz CT molecular complexity index is 604. The van der Waals surface area contributed by atoms with Crippen LogP contribution < -0.4 is 15.2 Å². The minimum absolute atomic E-state index is 0.154. The molecule has 2 aromatic rings. The molecule has 20 heavy (non-hydrogen) atoms. The number of rotatable bonds is 5. The van der Waals surface area contributed by atoms with Gasteiger partial charge in [0.2, 0.25) is 0 Å². The topological polar surface area (TPSA) is 44.5 Å². The van der Waals surface area contributed by atoms with Gasteiger partial charge in [-0.1, -0.05) is 13.0 Å². The van der Waals surface area contributed by atoms with Gasteiger partial charge in [0.15, 0.2) is 17.3 Å². The van der Waals surface area contributed by atoms with Gasteiger partial charge in [-0.15, -0.1) is 0 Å². The SMILES string of the molecule is CCCOc1cc(Oc2cccc(I)c2)c(N)cc1F. The molecule has 5 heteroatoms. The largest absolute Gasteiger partial charge is 0.490 e. The first-order chi connectivity index (χ1) is 9.60. The van der Waals surface area contributed by atoms with E-state index >= 15 is 0 Å². The maximum atomic E-state index is 13.7. The van der Waals surface area contributed by atoms with Crippen LogP contribution in [0, 0.1) is 9.39 Å². The summed E-state index contributed by atoms with van der Waals surface area (Å²) in [4.78, 5) is 0. The Hall–Kier alpha value is -1.50. The van der Waals surface area contributed by atoms with Crippen molar-refractivity contribution < 1.29 is 13.9 Å². The quantitative estimate of drug-likeness (QED) is 0.603. The average molecular weight is 387 g/mol. The van der Waals surface area contributed by atoms with Crippen molar-refractivity contribution in [3.05, 3.63) is 45.8 Å². The van der Waals surface area contributed by atoms with Crippen LogP contribution in [0.4, 0.5) is 10.1 Å². The van der Waals surface area contributed by atoms with Crippen LogP contribution in [0.2, 0.25) is 0 Å². The van der Waals surface area contributed by atoms with Crippen molar-refractivity contribution in [1.29, 1.82) is 0 Å². The number of hydrogen-bond acceptors (Lipinski definition) is 3. The zero-order valence-electron chi connectivity index (χ0n) is 11.0. The van der Waals surface area contributed by atoms with Crippen molar-refractivity contribution >= 4 is 28.3 Å². The smallest absolute Gasteiger partial charge is 0.167 e. The highest BCUT2D eigenvalue weighted by molar-refractivity contribution is 14.1. The van der Waals surface area contributed by atoms with E-state index in [-0.39, 0.29) is 11.4 Å². The molecule has 0 unspecified atom stereocenters. The second-order valence-corrected chi connectivity index (χ2v) is 5.47. The second-order valence-electron chi connectivity index (χ2n) is 4.23. The Morgan fingerprint density at radius 2 is 2.00 bits per heavy atom. The van der Waals surface area contributed by atoms with Gasteiger partial charge in [-0.2, -0.15) is 0 Å². The molecule has 0 aliphatic rings. The molecule has 2 rings (SSSR count). The molecular formula is C15H15FINO2. The van der Waals surface area contributed by atoms with Gasteiger partial charge in [0.25, 0.3) is 0 Å². The van der Waals surface area contributed by atoms with Gasteiger partial charge in [-0.3, -0.25) is 0 Å². The third-order valence-electron chi connectivity index (χ3n) is 2.55. The van der Waals surface area contributed by atoms with Gasteiger partial charge in [0.1, 0.15) is 5.75 Å². The van der Waals surface area contributed by atoms with Gasteiger partial charge < -0.3 is 15.2 Å². The zero-order chi connectivity index (χ0) is 14.5. The molecule has 0 aliphatic heterocycles. The third-order valence-corrected chi connectivity index (χ3v) is 3.22. The van der Waals surface area contributed by atoms with Crippen LogP contribution in [0.25, 0.3) is 0 Å². The van der Waals surface area contributed by atoms with E-state index in [0.29, 0.717) is 18.1 Å². The first-order valence-electron chi connectivity index (χ1n) is 6.25. The maximum absolute atomic E-state index is 13.7. The maximum Gasteiger partial charge on any atom is 0.167 e. The summed E-state index contributed by atoms with van der Waals surface area (Å²) in [6.07, 6.45) is 0.802. The lowest BCUT2D eigenvalue weighted by Crippen LogP contribution is -2.00. The Balaban J connectivity index is 2.26. The van der Waals surface area contributed by atoms with Crippen LogP contribution in [-0.2, 0) is 0 Å². The van der Waals surface area contributed by atoms with E-state index < -0.39 is 5.82 Å². The number of halogens is 2. The fourth-order valence-corrected chi connectivity index (χ4v) is 2.13. The molecule has 0 saturated heterocycles. The van der Waals surface area contributed by atoms with Crippen LogP contribution in [0.5, 0.6) is 17.2 Å². The van der Waals surface area contributed by atoms with Crippen molar-refractivity contribution in [2.24, 2.45) is 0 Å².